The van der Waals surface area contributed by atoms with Gasteiger partial charge < -0.3 is 4.74 Å². The van der Waals surface area contributed by atoms with Gasteiger partial charge in [-0.3, -0.25) is 4.79 Å². The smallest absolute Gasteiger partial charge is 0.316 e. The van der Waals surface area contributed by atoms with Gasteiger partial charge in [-0.15, -0.1) is 0 Å². The topological polar surface area (TPSA) is 39.2 Å². The molecule has 0 atom stereocenters. The monoisotopic (exact) mass is 319 g/mol. The van der Waals surface area contributed by atoms with Gasteiger partial charge in [0, 0.05) is 11.8 Å². The molecule has 0 spiro atoms. The van der Waals surface area contributed by atoms with Gasteiger partial charge in [0.05, 0.1) is 5.41 Å². The van der Waals surface area contributed by atoms with Crippen LogP contribution in [0.5, 0.6) is 0 Å². The highest BCUT2D eigenvalue weighted by Gasteiger charge is 2.47. The zero-order chi connectivity index (χ0) is 15.6. The number of esters is 1. The largest absolute Gasteiger partial charge is 0.460 e. The number of pyridine rings is 1. The number of ether oxygens (including phenoxy) is 1. The number of carbonyl (C=O) groups is 1. The predicted octanol–water partition coefficient (Wildman–Crippen LogP) is 4.04. The van der Waals surface area contributed by atoms with Crippen LogP contribution in [0.15, 0.2) is 42.6 Å². The second-order valence-electron chi connectivity index (χ2n) is 5.51. The molecule has 1 aliphatic rings. The number of rotatable bonds is 4. The fourth-order valence-electron chi connectivity index (χ4n) is 2.69. The molecule has 0 bridgehead atoms. The molecule has 0 aliphatic heterocycles. The highest BCUT2D eigenvalue weighted by Crippen LogP contribution is 2.44. The summed E-state index contributed by atoms with van der Waals surface area (Å²) in [6.07, 6.45) is 4.02. The van der Waals surface area contributed by atoms with Crippen LogP contribution in [0.3, 0.4) is 0 Å². The second kappa shape index (κ2) is 6.05. The predicted molar refractivity (Wildman–Crippen MR) is 81.0 cm³/mol. The molecule has 114 valence electrons. The molecule has 1 aromatic carbocycles. The molecule has 0 amide bonds. The van der Waals surface area contributed by atoms with E-state index in [4.69, 9.17) is 16.3 Å². The van der Waals surface area contributed by atoms with Crippen LogP contribution in [0.25, 0.3) is 0 Å². The number of hydrogen-bond donors (Lipinski definition) is 0. The van der Waals surface area contributed by atoms with Gasteiger partial charge in [0.1, 0.15) is 17.6 Å². The molecule has 0 radical (unpaired) electrons. The Hall–Kier alpha value is -1.94. The first-order valence-corrected chi connectivity index (χ1v) is 7.52. The summed E-state index contributed by atoms with van der Waals surface area (Å²) in [6, 6.07) is 9.52. The maximum atomic E-state index is 13.1. The highest BCUT2D eigenvalue weighted by atomic mass is 35.5. The molecule has 0 saturated heterocycles. The summed E-state index contributed by atoms with van der Waals surface area (Å²) in [5.41, 5.74) is 0.971. The van der Waals surface area contributed by atoms with Crippen molar-refractivity contribution in [1.82, 2.24) is 4.98 Å². The van der Waals surface area contributed by atoms with Crippen LogP contribution >= 0.6 is 11.6 Å². The molecule has 1 heterocycles. The Kier molecular flexibility index (Phi) is 4.12. The Bertz CT molecular complexity index is 666. The number of nitrogens with zero attached hydrogens (tertiary/aromatic N) is 1. The maximum Gasteiger partial charge on any atom is 0.316 e. The van der Waals surface area contributed by atoms with Gasteiger partial charge in [-0.1, -0.05) is 36.2 Å². The van der Waals surface area contributed by atoms with Gasteiger partial charge in [0.15, 0.2) is 0 Å². The van der Waals surface area contributed by atoms with Gasteiger partial charge in [0.2, 0.25) is 0 Å². The molecule has 1 aliphatic carbocycles. The average Bonchev–Trinajstić information content (AvgIpc) is 2.47. The number of carbonyl (C=O) groups excluding carboxylic acids is 1. The summed E-state index contributed by atoms with van der Waals surface area (Å²) in [7, 11) is 0. The highest BCUT2D eigenvalue weighted by molar-refractivity contribution is 6.29. The van der Waals surface area contributed by atoms with E-state index >= 15 is 0 Å². The lowest BCUT2D eigenvalue weighted by molar-refractivity contribution is -0.155. The molecule has 3 nitrogen and oxygen atoms in total. The average molecular weight is 320 g/mol. The van der Waals surface area contributed by atoms with Crippen LogP contribution in [0.2, 0.25) is 5.15 Å². The number of halogens is 2. The van der Waals surface area contributed by atoms with Crippen molar-refractivity contribution in [1.29, 1.82) is 0 Å². The van der Waals surface area contributed by atoms with Crippen LogP contribution in [0.4, 0.5) is 4.39 Å². The van der Waals surface area contributed by atoms with E-state index in [9.17, 15) is 9.18 Å². The third kappa shape index (κ3) is 2.83. The molecule has 5 heteroatoms. The second-order valence-corrected chi connectivity index (χ2v) is 5.90. The van der Waals surface area contributed by atoms with Gasteiger partial charge in [-0.25, -0.2) is 9.37 Å². The van der Waals surface area contributed by atoms with Crippen molar-refractivity contribution < 1.29 is 13.9 Å². The molecule has 22 heavy (non-hydrogen) atoms. The van der Waals surface area contributed by atoms with Crippen molar-refractivity contribution >= 4 is 17.6 Å². The quantitative estimate of drug-likeness (QED) is 0.630. The van der Waals surface area contributed by atoms with E-state index in [1.165, 1.54) is 12.1 Å². The van der Waals surface area contributed by atoms with Gasteiger partial charge in [0.25, 0.3) is 0 Å². The van der Waals surface area contributed by atoms with Crippen molar-refractivity contribution in [3.8, 4) is 0 Å². The lowest BCUT2D eigenvalue weighted by Crippen LogP contribution is -2.43. The zero-order valence-corrected chi connectivity index (χ0v) is 12.6. The molecular formula is C17H15ClFNO2. The maximum absolute atomic E-state index is 13.1. The van der Waals surface area contributed by atoms with E-state index in [-0.39, 0.29) is 18.4 Å². The summed E-state index contributed by atoms with van der Waals surface area (Å²) in [5.74, 6) is -0.570. The summed E-state index contributed by atoms with van der Waals surface area (Å²) in [6.45, 7) is 0.159. The lowest BCUT2D eigenvalue weighted by Gasteiger charge is -2.39. The SMILES string of the molecule is O=C(OCc1ccc(Cl)nc1)C1(c2ccc(F)cc2)CCC1. The van der Waals surface area contributed by atoms with Gasteiger partial charge in [-0.05, 0) is 36.6 Å². The Morgan fingerprint density at radius 1 is 1.23 bits per heavy atom. The molecular weight excluding hydrogens is 305 g/mol. The van der Waals surface area contributed by atoms with Gasteiger partial charge >= 0.3 is 5.97 Å². The first-order chi connectivity index (χ1) is 10.6. The zero-order valence-electron chi connectivity index (χ0n) is 11.9. The Morgan fingerprint density at radius 3 is 2.50 bits per heavy atom. The van der Waals surface area contributed by atoms with Crippen LogP contribution < -0.4 is 0 Å². The summed E-state index contributed by atoms with van der Waals surface area (Å²) in [5, 5.41) is 0.400. The van der Waals surface area contributed by atoms with Crippen molar-refractivity contribution in [2.24, 2.45) is 0 Å². The summed E-state index contributed by atoms with van der Waals surface area (Å²) in [4.78, 5) is 16.5. The normalized spacial score (nSPS) is 15.9. The molecule has 3 rings (SSSR count). The third-order valence-electron chi connectivity index (χ3n) is 4.15. The standard InChI is InChI=1S/C17H15ClFNO2/c18-15-7-2-12(10-20-15)11-22-16(21)17(8-1-9-17)13-3-5-14(19)6-4-13/h2-7,10H,1,8-9,11H2. The molecule has 0 N–H and O–H groups in total. The fourth-order valence-corrected chi connectivity index (χ4v) is 2.80. The summed E-state index contributed by atoms with van der Waals surface area (Å²) < 4.78 is 18.5. The van der Waals surface area contributed by atoms with Crippen LogP contribution in [-0.2, 0) is 21.6 Å². The van der Waals surface area contributed by atoms with Crippen LogP contribution in [0.1, 0.15) is 30.4 Å². The lowest BCUT2D eigenvalue weighted by atomic mass is 9.64. The molecule has 1 fully saturated rings. The van der Waals surface area contributed by atoms with E-state index in [0.29, 0.717) is 5.15 Å². The summed E-state index contributed by atoms with van der Waals surface area (Å²) >= 11 is 5.72. The molecule has 1 saturated carbocycles. The van der Waals surface area contributed by atoms with Crippen molar-refractivity contribution in [3.05, 3.63) is 64.7 Å². The number of hydrogen-bond acceptors (Lipinski definition) is 3. The minimum atomic E-state index is -0.631. The molecule has 1 aromatic heterocycles. The van der Waals surface area contributed by atoms with E-state index in [2.05, 4.69) is 4.98 Å². The Balaban J connectivity index is 1.71. The van der Waals surface area contributed by atoms with E-state index in [1.54, 1.807) is 30.5 Å². The fraction of sp³-hybridized carbons (Fsp3) is 0.294. The Morgan fingerprint density at radius 2 is 1.95 bits per heavy atom. The van der Waals surface area contributed by atoms with Gasteiger partial charge in [-0.2, -0.15) is 0 Å². The third-order valence-corrected chi connectivity index (χ3v) is 4.38. The van der Waals surface area contributed by atoms with Crippen molar-refractivity contribution in [2.45, 2.75) is 31.3 Å². The van der Waals surface area contributed by atoms with Crippen molar-refractivity contribution in [3.63, 3.8) is 0 Å². The van der Waals surface area contributed by atoms with Crippen LogP contribution in [0, 0.1) is 5.82 Å². The Labute approximate surface area is 133 Å². The molecule has 0 unspecified atom stereocenters. The number of benzene rings is 1. The van der Waals surface area contributed by atoms with Crippen LogP contribution in [-0.4, -0.2) is 11.0 Å². The minimum absolute atomic E-state index is 0.159. The van der Waals surface area contributed by atoms with E-state index in [0.717, 1.165) is 30.4 Å². The first-order valence-electron chi connectivity index (χ1n) is 7.14. The first kappa shape index (κ1) is 15.0. The molecule has 2 aromatic rings. The minimum Gasteiger partial charge on any atom is -0.460 e. The van der Waals surface area contributed by atoms with E-state index in [1.807, 2.05) is 0 Å². The van der Waals surface area contributed by atoms with Crippen molar-refractivity contribution in [2.75, 3.05) is 0 Å². The van der Waals surface area contributed by atoms with E-state index < -0.39 is 5.41 Å². The number of aromatic nitrogens is 1.